The van der Waals surface area contributed by atoms with E-state index in [0.29, 0.717) is 30.1 Å². The highest BCUT2D eigenvalue weighted by Crippen LogP contribution is 2.26. The minimum atomic E-state index is -0.270. The van der Waals surface area contributed by atoms with Crippen LogP contribution >= 0.6 is 15.9 Å². The summed E-state index contributed by atoms with van der Waals surface area (Å²) in [6, 6.07) is 7.03. The Morgan fingerprint density at radius 3 is 3.00 bits per heavy atom. The van der Waals surface area contributed by atoms with Gasteiger partial charge in [-0.1, -0.05) is 12.1 Å². The van der Waals surface area contributed by atoms with Gasteiger partial charge in [-0.15, -0.1) is 0 Å². The Bertz CT molecular complexity index is 800. The second-order valence-corrected chi connectivity index (χ2v) is 7.08. The summed E-state index contributed by atoms with van der Waals surface area (Å²) in [7, 11) is 0. The van der Waals surface area contributed by atoms with Crippen LogP contribution in [0.1, 0.15) is 30.1 Å². The topological polar surface area (TPSA) is 79.2 Å². The van der Waals surface area contributed by atoms with Crippen molar-refractivity contribution in [3.8, 4) is 0 Å². The summed E-state index contributed by atoms with van der Waals surface area (Å²) in [6.07, 6.45) is 1.99. The van der Waals surface area contributed by atoms with E-state index in [1.807, 2.05) is 30.0 Å². The van der Waals surface area contributed by atoms with Crippen molar-refractivity contribution in [3.63, 3.8) is 0 Å². The molecule has 0 spiro atoms. The molecule has 0 aliphatic carbocycles. The zero-order valence-electron chi connectivity index (χ0n) is 13.0. The number of piperidine rings is 1. The third-order valence-corrected chi connectivity index (χ3v) is 5.21. The van der Waals surface area contributed by atoms with Gasteiger partial charge in [0.2, 0.25) is 5.56 Å². The average Bonchev–Trinajstić information content (AvgIpc) is 2.54. The zero-order chi connectivity index (χ0) is 16.6. The summed E-state index contributed by atoms with van der Waals surface area (Å²) < 4.78 is 0.772. The Hall–Kier alpha value is -1.66. The van der Waals surface area contributed by atoms with E-state index in [9.17, 15) is 9.59 Å². The number of hydrogen-bond donors (Lipinski definition) is 2. The van der Waals surface area contributed by atoms with Crippen molar-refractivity contribution in [1.82, 2.24) is 9.88 Å². The molecular weight excluding hydrogens is 358 g/mol. The average molecular weight is 378 g/mol. The number of halogens is 1. The van der Waals surface area contributed by atoms with Crippen molar-refractivity contribution in [2.75, 3.05) is 13.1 Å². The molecule has 1 amide bonds. The zero-order valence-corrected chi connectivity index (χ0v) is 14.6. The molecule has 122 valence electrons. The number of carbonyl (C=O) groups excluding carboxylic acids is 1. The normalized spacial score (nSPS) is 19.8. The van der Waals surface area contributed by atoms with E-state index in [4.69, 9.17) is 5.73 Å². The van der Waals surface area contributed by atoms with Gasteiger partial charge < -0.3 is 15.6 Å². The molecule has 0 saturated carbocycles. The van der Waals surface area contributed by atoms with E-state index in [1.165, 1.54) is 6.07 Å². The summed E-state index contributed by atoms with van der Waals surface area (Å²) in [5.41, 5.74) is 6.84. The molecule has 5 nitrogen and oxygen atoms in total. The number of amides is 1. The number of fused-ring (bicyclic) bond motifs is 1. The van der Waals surface area contributed by atoms with Crippen molar-refractivity contribution >= 4 is 32.7 Å². The van der Waals surface area contributed by atoms with Crippen LogP contribution in [0.4, 0.5) is 0 Å². The van der Waals surface area contributed by atoms with Gasteiger partial charge in [0, 0.05) is 35.1 Å². The van der Waals surface area contributed by atoms with E-state index >= 15 is 0 Å². The Morgan fingerprint density at radius 2 is 2.26 bits per heavy atom. The minimum absolute atomic E-state index is 0.0654. The lowest BCUT2D eigenvalue weighted by molar-refractivity contribution is 0.0663. The Morgan fingerprint density at radius 1 is 1.48 bits per heavy atom. The molecule has 2 aromatic rings. The fraction of sp³-hybridized carbons (Fsp3) is 0.412. The predicted molar refractivity (Wildman–Crippen MR) is 94.5 cm³/mol. The molecule has 1 saturated heterocycles. The fourth-order valence-corrected chi connectivity index (χ4v) is 3.68. The SMILES string of the molecule is C[C@H](N)[C@H]1CCCN(C(=O)c2cc(=O)[nH]c3c(Br)cccc23)C1. The number of nitrogens with two attached hydrogens (primary N) is 1. The van der Waals surface area contributed by atoms with E-state index < -0.39 is 0 Å². The van der Waals surface area contributed by atoms with Crippen LogP contribution in [0.15, 0.2) is 33.5 Å². The Labute approximate surface area is 143 Å². The molecule has 0 bridgehead atoms. The number of hydrogen-bond acceptors (Lipinski definition) is 3. The lowest BCUT2D eigenvalue weighted by Gasteiger charge is -2.34. The van der Waals surface area contributed by atoms with Gasteiger partial charge >= 0.3 is 0 Å². The van der Waals surface area contributed by atoms with E-state index in [-0.39, 0.29) is 17.5 Å². The molecule has 6 heteroatoms. The highest BCUT2D eigenvalue weighted by molar-refractivity contribution is 9.10. The number of carbonyl (C=O) groups is 1. The maximum absolute atomic E-state index is 13.0. The second kappa shape index (κ2) is 6.45. The van der Waals surface area contributed by atoms with Crippen LogP contribution in [0.2, 0.25) is 0 Å². The maximum Gasteiger partial charge on any atom is 0.254 e. The number of benzene rings is 1. The van der Waals surface area contributed by atoms with Crippen molar-refractivity contribution < 1.29 is 4.79 Å². The summed E-state index contributed by atoms with van der Waals surface area (Å²) in [5, 5.41) is 0.756. The van der Waals surface area contributed by atoms with Crippen LogP contribution in [0.25, 0.3) is 10.9 Å². The van der Waals surface area contributed by atoms with Crippen molar-refractivity contribution in [2.24, 2.45) is 11.7 Å². The standard InChI is InChI=1S/C17H20BrN3O2/c1-10(19)11-4-3-7-21(9-11)17(23)13-8-15(22)20-16-12(13)5-2-6-14(16)18/h2,5-6,8,10-11H,3-4,7,9,19H2,1H3,(H,20,22)/t10-,11-/m0/s1. The van der Waals surface area contributed by atoms with Gasteiger partial charge in [0.15, 0.2) is 0 Å². The molecule has 2 heterocycles. The maximum atomic E-state index is 13.0. The van der Waals surface area contributed by atoms with E-state index in [1.54, 1.807) is 0 Å². The first-order valence-electron chi connectivity index (χ1n) is 7.84. The van der Waals surface area contributed by atoms with Gasteiger partial charge in [-0.2, -0.15) is 0 Å². The highest BCUT2D eigenvalue weighted by Gasteiger charge is 2.27. The van der Waals surface area contributed by atoms with Gasteiger partial charge in [0.25, 0.3) is 5.91 Å². The van der Waals surface area contributed by atoms with Crippen LogP contribution in [0, 0.1) is 5.92 Å². The Kier molecular flexibility index (Phi) is 4.55. The van der Waals surface area contributed by atoms with Gasteiger partial charge in [0.1, 0.15) is 0 Å². The molecule has 3 N–H and O–H groups in total. The van der Waals surface area contributed by atoms with Crippen LogP contribution in [0.3, 0.4) is 0 Å². The number of nitrogens with zero attached hydrogens (tertiary/aromatic N) is 1. The molecule has 0 radical (unpaired) electrons. The quantitative estimate of drug-likeness (QED) is 0.843. The number of likely N-dealkylation sites (tertiary alicyclic amines) is 1. The number of nitrogens with one attached hydrogen (secondary N) is 1. The summed E-state index contributed by atoms with van der Waals surface area (Å²) in [4.78, 5) is 29.5. The third-order valence-electron chi connectivity index (χ3n) is 4.55. The first-order chi connectivity index (χ1) is 11.0. The predicted octanol–water partition coefficient (Wildman–Crippen LogP) is 2.49. The van der Waals surface area contributed by atoms with E-state index in [0.717, 1.165) is 22.7 Å². The number of rotatable bonds is 2. The summed E-state index contributed by atoms with van der Waals surface area (Å²) >= 11 is 3.43. The van der Waals surface area contributed by atoms with Crippen LogP contribution in [0.5, 0.6) is 0 Å². The van der Waals surface area contributed by atoms with Gasteiger partial charge in [-0.3, -0.25) is 9.59 Å². The first-order valence-corrected chi connectivity index (χ1v) is 8.63. The van der Waals surface area contributed by atoms with Crippen molar-refractivity contribution in [3.05, 3.63) is 44.7 Å². The monoisotopic (exact) mass is 377 g/mol. The van der Waals surface area contributed by atoms with Crippen molar-refractivity contribution in [1.29, 1.82) is 0 Å². The number of aromatic nitrogens is 1. The number of H-pyrrole nitrogens is 1. The second-order valence-electron chi connectivity index (χ2n) is 6.22. The van der Waals surface area contributed by atoms with Crippen LogP contribution < -0.4 is 11.3 Å². The molecule has 2 atom stereocenters. The largest absolute Gasteiger partial charge is 0.338 e. The molecule has 0 unspecified atom stereocenters. The van der Waals surface area contributed by atoms with Gasteiger partial charge in [0.05, 0.1) is 11.1 Å². The Balaban J connectivity index is 2.01. The van der Waals surface area contributed by atoms with Crippen molar-refractivity contribution in [2.45, 2.75) is 25.8 Å². The molecule has 1 aliphatic rings. The van der Waals surface area contributed by atoms with E-state index in [2.05, 4.69) is 20.9 Å². The molecule has 23 heavy (non-hydrogen) atoms. The highest BCUT2D eigenvalue weighted by atomic mass is 79.9. The summed E-state index contributed by atoms with van der Waals surface area (Å²) in [6.45, 7) is 3.35. The smallest absolute Gasteiger partial charge is 0.254 e. The van der Waals surface area contributed by atoms with Crippen LogP contribution in [-0.4, -0.2) is 34.9 Å². The molecule has 1 fully saturated rings. The number of aromatic amines is 1. The van der Waals surface area contributed by atoms with Crippen LogP contribution in [-0.2, 0) is 0 Å². The molecular formula is C17H20BrN3O2. The summed E-state index contributed by atoms with van der Waals surface area (Å²) in [5.74, 6) is 0.220. The molecule has 3 rings (SSSR count). The number of pyridine rings is 1. The fourth-order valence-electron chi connectivity index (χ4n) is 3.21. The number of para-hydroxylation sites is 1. The molecule has 1 aromatic carbocycles. The lowest BCUT2D eigenvalue weighted by Crippen LogP contribution is -2.45. The minimum Gasteiger partial charge on any atom is -0.338 e. The van der Waals surface area contributed by atoms with Gasteiger partial charge in [-0.25, -0.2) is 0 Å². The molecule has 1 aromatic heterocycles. The molecule has 1 aliphatic heterocycles. The lowest BCUT2D eigenvalue weighted by atomic mass is 9.91. The third kappa shape index (κ3) is 3.19. The van der Waals surface area contributed by atoms with Gasteiger partial charge in [-0.05, 0) is 47.7 Å². The first kappa shape index (κ1) is 16.2.